The van der Waals surface area contributed by atoms with Gasteiger partial charge in [-0.15, -0.1) is 0 Å². The Morgan fingerprint density at radius 3 is 1.79 bits per heavy atom. The van der Waals surface area contributed by atoms with Crippen LogP contribution in [0.2, 0.25) is 0 Å². The zero-order valence-electron chi connectivity index (χ0n) is 19.9. The van der Waals surface area contributed by atoms with Crippen LogP contribution in [0.5, 0.6) is 0 Å². The normalized spacial score (nSPS) is 12.2. The number of hydrogen-bond acceptors (Lipinski definition) is 6. The van der Waals surface area contributed by atoms with Crippen LogP contribution in [0.25, 0.3) is 0 Å². The second-order valence-electron chi connectivity index (χ2n) is 9.12. The average molecular weight is 455 g/mol. The van der Waals surface area contributed by atoms with E-state index in [0.717, 1.165) is 11.1 Å². The summed E-state index contributed by atoms with van der Waals surface area (Å²) < 4.78 is 16.3. The number of rotatable bonds is 12. The van der Waals surface area contributed by atoms with Crippen LogP contribution >= 0.6 is 0 Å². The third-order valence-corrected chi connectivity index (χ3v) is 5.02. The fourth-order valence-electron chi connectivity index (χ4n) is 3.18. The molecule has 178 valence electrons. The molecule has 2 rings (SSSR count). The lowest BCUT2D eigenvalue weighted by Gasteiger charge is -2.26. The van der Waals surface area contributed by atoms with Crippen molar-refractivity contribution in [1.82, 2.24) is 0 Å². The summed E-state index contributed by atoms with van der Waals surface area (Å²) in [6.07, 6.45) is 0.861. The molecular formula is C27H34O6. The van der Waals surface area contributed by atoms with E-state index < -0.39 is 29.4 Å². The summed E-state index contributed by atoms with van der Waals surface area (Å²) in [5, 5.41) is 0. The first-order chi connectivity index (χ1) is 15.7. The van der Waals surface area contributed by atoms with Crippen LogP contribution in [0, 0.1) is 11.8 Å². The summed E-state index contributed by atoms with van der Waals surface area (Å²) in [6.45, 7) is 7.52. The van der Waals surface area contributed by atoms with Crippen molar-refractivity contribution in [3.63, 3.8) is 0 Å². The van der Waals surface area contributed by atoms with Crippen LogP contribution < -0.4 is 0 Å². The van der Waals surface area contributed by atoms with Gasteiger partial charge in [-0.05, 0) is 43.7 Å². The third kappa shape index (κ3) is 9.89. The van der Waals surface area contributed by atoms with Gasteiger partial charge in [0.25, 0.3) is 0 Å². The lowest BCUT2D eigenvalue weighted by molar-refractivity contribution is -0.173. The van der Waals surface area contributed by atoms with Crippen molar-refractivity contribution in [2.45, 2.75) is 65.8 Å². The van der Waals surface area contributed by atoms with Crippen LogP contribution in [-0.2, 0) is 41.8 Å². The van der Waals surface area contributed by atoms with E-state index in [1.54, 1.807) is 13.8 Å². The molecule has 0 amide bonds. The fraction of sp³-hybridized carbons (Fsp3) is 0.444. The molecule has 33 heavy (non-hydrogen) atoms. The van der Waals surface area contributed by atoms with Crippen LogP contribution in [0.4, 0.5) is 0 Å². The predicted octanol–water partition coefficient (Wildman–Crippen LogP) is 5.24. The maximum atomic E-state index is 12.9. The molecule has 0 N–H and O–H groups in total. The van der Waals surface area contributed by atoms with E-state index in [9.17, 15) is 14.4 Å². The van der Waals surface area contributed by atoms with Crippen molar-refractivity contribution in [3.05, 3.63) is 71.8 Å². The Kier molecular flexibility index (Phi) is 10.1. The van der Waals surface area contributed by atoms with Gasteiger partial charge in [0, 0.05) is 0 Å². The Morgan fingerprint density at radius 1 is 0.758 bits per heavy atom. The zero-order chi connectivity index (χ0) is 24.3. The van der Waals surface area contributed by atoms with Crippen LogP contribution in [0.15, 0.2) is 60.7 Å². The van der Waals surface area contributed by atoms with Gasteiger partial charge in [0.15, 0.2) is 5.92 Å². The largest absolute Gasteiger partial charge is 0.461 e. The second kappa shape index (κ2) is 12.8. The van der Waals surface area contributed by atoms with Crippen molar-refractivity contribution < 1.29 is 28.6 Å². The molecule has 0 radical (unpaired) electrons. The van der Waals surface area contributed by atoms with Gasteiger partial charge in [0.05, 0.1) is 6.42 Å². The molecule has 0 fully saturated rings. The number of hydrogen-bond donors (Lipinski definition) is 0. The number of carbonyl (C=O) groups excluding carboxylic acids is 3. The number of ether oxygens (including phenoxy) is 3. The third-order valence-electron chi connectivity index (χ3n) is 5.02. The lowest BCUT2D eigenvalue weighted by Crippen LogP contribution is -2.37. The fourth-order valence-corrected chi connectivity index (χ4v) is 3.18. The molecule has 0 aliphatic heterocycles. The van der Waals surface area contributed by atoms with Crippen molar-refractivity contribution in [1.29, 1.82) is 0 Å². The highest BCUT2D eigenvalue weighted by Gasteiger charge is 2.35. The molecule has 1 unspecified atom stereocenters. The Hall–Kier alpha value is -3.15. The Labute approximate surface area is 196 Å². The average Bonchev–Trinajstić information content (AvgIpc) is 2.77. The maximum absolute atomic E-state index is 12.9. The topological polar surface area (TPSA) is 78.9 Å². The van der Waals surface area contributed by atoms with Gasteiger partial charge < -0.3 is 14.2 Å². The smallest absolute Gasteiger partial charge is 0.320 e. The van der Waals surface area contributed by atoms with Crippen molar-refractivity contribution >= 4 is 17.9 Å². The lowest BCUT2D eigenvalue weighted by atomic mass is 9.97. The molecule has 0 aromatic heterocycles. The summed E-state index contributed by atoms with van der Waals surface area (Å²) in [4.78, 5) is 37.9. The first kappa shape index (κ1) is 26.1. The van der Waals surface area contributed by atoms with E-state index in [1.807, 2.05) is 74.5 Å². The summed E-state index contributed by atoms with van der Waals surface area (Å²) in [7, 11) is 0. The standard InChI is InChI=1S/C27H34O6/c1-20(2)15-16-23(25(29)32-19-22-13-9-6-10-14-22)26(30)33-27(3,4)17-24(28)31-18-21-11-7-5-8-12-21/h5-14,20,23H,15-19H2,1-4H3. The predicted molar refractivity (Wildman–Crippen MR) is 125 cm³/mol. The van der Waals surface area contributed by atoms with E-state index >= 15 is 0 Å². The minimum atomic E-state index is -1.12. The Morgan fingerprint density at radius 2 is 1.27 bits per heavy atom. The summed E-state index contributed by atoms with van der Waals surface area (Å²) in [5.41, 5.74) is 0.583. The number of esters is 3. The molecule has 0 aliphatic rings. The molecule has 0 saturated heterocycles. The Bertz CT molecular complexity index is 889. The molecule has 0 saturated carbocycles. The molecule has 1 atom stereocenters. The van der Waals surface area contributed by atoms with Crippen molar-refractivity contribution in [2.24, 2.45) is 11.8 Å². The molecule has 2 aromatic carbocycles. The van der Waals surface area contributed by atoms with Crippen LogP contribution in [0.1, 0.15) is 58.1 Å². The molecule has 0 spiro atoms. The zero-order valence-corrected chi connectivity index (χ0v) is 19.9. The molecule has 6 heteroatoms. The first-order valence-corrected chi connectivity index (χ1v) is 11.3. The molecule has 0 bridgehead atoms. The monoisotopic (exact) mass is 454 g/mol. The highest BCUT2D eigenvalue weighted by atomic mass is 16.6. The van der Waals surface area contributed by atoms with Gasteiger partial charge >= 0.3 is 17.9 Å². The maximum Gasteiger partial charge on any atom is 0.320 e. The van der Waals surface area contributed by atoms with E-state index in [4.69, 9.17) is 14.2 Å². The van der Waals surface area contributed by atoms with Crippen molar-refractivity contribution in [2.75, 3.05) is 0 Å². The van der Waals surface area contributed by atoms with E-state index in [-0.39, 0.29) is 19.6 Å². The number of carbonyl (C=O) groups is 3. The highest BCUT2D eigenvalue weighted by Crippen LogP contribution is 2.23. The second-order valence-corrected chi connectivity index (χ2v) is 9.12. The van der Waals surface area contributed by atoms with Crippen LogP contribution in [-0.4, -0.2) is 23.5 Å². The van der Waals surface area contributed by atoms with Gasteiger partial charge in [0.1, 0.15) is 18.8 Å². The van der Waals surface area contributed by atoms with Gasteiger partial charge in [-0.25, -0.2) is 0 Å². The summed E-state index contributed by atoms with van der Waals surface area (Å²) in [6, 6.07) is 18.6. The van der Waals surface area contributed by atoms with Crippen LogP contribution in [0.3, 0.4) is 0 Å². The quantitative estimate of drug-likeness (QED) is 0.248. The van der Waals surface area contributed by atoms with E-state index in [0.29, 0.717) is 18.8 Å². The summed E-state index contributed by atoms with van der Waals surface area (Å²) >= 11 is 0. The minimum absolute atomic E-state index is 0.0837. The van der Waals surface area contributed by atoms with Crippen molar-refractivity contribution in [3.8, 4) is 0 Å². The molecule has 6 nitrogen and oxygen atoms in total. The highest BCUT2D eigenvalue weighted by molar-refractivity contribution is 5.95. The minimum Gasteiger partial charge on any atom is -0.461 e. The first-order valence-electron chi connectivity index (χ1n) is 11.3. The molecule has 2 aromatic rings. The SMILES string of the molecule is CC(C)CCC(C(=O)OCc1ccccc1)C(=O)OC(C)(C)CC(=O)OCc1ccccc1. The Balaban J connectivity index is 1.94. The molecule has 0 aliphatic carbocycles. The molecular weight excluding hydrogens is 420 g/mol. The number of benzene rings is 2. The summed E-state index contributed by atoms with van der Waals surface area (Å²) in [5.74, 6) is -2.53. The van der Waals surface area contributed by atoms with Gasteiger partial charge in [-0.3, -0.25) is 14.4 Å². The van der Waals surface area contributed by atoms with E-state index in [1.165, 1.54) is 0 Å². The van der Waals surface area contributed by atoms with E-state index in [2.05, 4.69) is 0 Å². The van der Waals surface area contributed by atoms with Gasteiger partial charge in [0.2, 0.25) is 0 Å². The van der Waals surface area contributed by atoms with Gasteiger partial charge in [-0.2, -0.15) is 0 Å². The molecule has 0 heterocycles. The van der Waals surface area contributed by atoms with Gasteiger partial charge in [-0.1, -0.05) is 74.5 Å².